The van der Waals surface area contributed by atoms with Crippen molar-refractivity contribution in [3.8, 4) is 0 Å². The smallest absolute Gasteiger partial charge is 0.242 e. The molecule has 1 N–H and O–H groups in total. The van der Waals surface area contributed by atoms with Gasteiger partial charge in [-0.05, 0) is 19.4 Å². The lowest BCUT2D eigenvalue weighted by molar-refractivity contribution is -0.150. The minimum absolute atomic E-state index is 0.0569. The predicted octanol–water partition coefficient (Wildman–Crippen LogP) is 0.701. The second-order valence-electron chi connectivity index (χ2n) is 5.23. The summed E-state index contributed by atoms with van der Waals surface area (Å²) in [4.78, 5) is 27.3. The molecule has 0 bridgehead atoms. The maximum Gasteiger partial charge on any atom is 0.242 e. The molecule has 0 saturated carbocycles. The topological polar surface area (TPSA) is 52.7 Å². The zero-order chi connectivity index (χ0) is 14.4. The molecule has 0 aromatic heterocycles. The maximum absolute atomic E-state index is 12.1. The van der Waals surface area contributed by atoms with Crippen LogP contribution in [0.1, 0.15) is 34.1 Å². The minimum atomic E-state index is 0.0569. The van der Waals surface area contributed by atoms with Crippen LogP contribution in [0, 0.1) is 5.92 Å². The van der Waals surface area contributed by atoms with E-state index in [2.05, 4.69) is 26.1 Å². The molecule has 1 heterocycles. The molecule has 0 aliphatic carbocycles. The van der Waals surface area contributed by atoms with Crippen LogP contribution < -0.4 is 5.32 Å². The highest BCUT2D eigenvalue weighted by Crippen LogP contribution is 2.12. The minimum Gasteiger partial charge on any atom is -0.332 e. The number of carbonyl (C=O) groups is 2. The molecular formula is C14H27N3O2. The van der Waals surface area contributed by atoms with Gasteiger partial charge in [0, 0.05) is 19.1 Å². The highest BCUT2D eigenvalue weighted by molar-refractivity contribution is 5.92. The van der Waals surface area contributed by atoms with Crippen molar-refractivity contribution < 1.29 is 9.59 Å². The van der Waals surface area contributed by atoms with Crippen LogP contribution in [0.15, 0.2) is 0 Å². The largest absolute Gasteiger partial charge is 0.332 e. The lowest BCUT2D eigenvalue weighted by Gasteiger charge is -2.36. The van der Waals surface area contributed by atoms with E-state index in [-0.39, 0.29) is 30.9 Å². The van der Waals surface area contributed by atoms with E-state index in [9.17, 15) is 9.59 Å². The van der Waals surface area contributed by atoms with E-state index in [4.69, 9.17) is 0 Å². The Morgan fingerprint density at radius 1 is 1.11 bits per heavy atom. The second-order valence-corrected chi connectivity index (χ2v) is 5.23. The molecule has 0 radical (unpaired) electrons. The van der Waals surface area contributed by atoms with Crippen molar-refractivity contribution in [3.05, 3.63) is 0 Å². The average molecular weight is 269 g/mol. The number of nitrogens with zero attached hydrogens (tertiary/aromatic N) is 2. The fraction of sp³-hybridized carbons (Fsp3) is 0.857. The van der Waals surface area contributed by atoms with Crippen LogP contribution >= 0.6 is 0 Å². The third kappa shape index (κ3) is 4.20. The van der Waals surface area contributed by atoms with E-state index in [1.165, 1.54) is 0 Å². The summed E-state index contributed by atoms with van der Waals surface area (Å²) in [6.45, 7) is 10.9. The number of hydrogen-bond donors (Lipinski definition) is 1. The molecule has 1 aliphatic rings. The van der Waals surface area contributed by atoms with E-state index < -0.39 is 0 Å². The number of rotatable bonds is 7. The van der Waals surface area contributed by atoms with Crippen molar-refractivity contribution in [1.29, 1.82) is 0 Å². The Hall–Kier alpha value is -1.10. The van der Waals surface area contributed by atoms with Gasteiger partial charge in [0.15, 0.2) is 0 Å². The summed E-state index contributed by atoms with van der Waals surface area (Å²) < 4.78 is 0. The van der Waals surface area contributed by atoms with E-state index in [0.717, 1.165) is 13.0 Å². The molecule has 0 aromatic rings. The third-order valence-electron chi connectivity index (χ3n) is 3.95. The number of nitrogens with one attached hydrogen (secondary N) is 1. The van der Waals surface area contributed by atoms with E-state index in [1.54, 1.807) is 9.80 Å². The van der Waals surface area contributed by atoms with Gasteiger partial charge >= 0.3 is 0 Å². The van der Waals surface area contributed by atoms with Crippen LogP contribution in [0.4, 0.5) is 0 Å². The first-order valence-corrected chi connectivity index (χ1v) is 7.32. The first-order valence-electron chi connectivity index (χ1n) is 7.32. The molecule has 1 rings (SSSR count). The molecule has 1 saturated heterocycles. The van der Waals surface area contributed by atoms with Gasteiger partial charge in [-0.3, -0.25) is 9.59 Å². The standard InChI is InChI=1S/C14H27N3O2/c1-5-11(4)12(15-6-2)8-17-10-13(18)16(7-3)9-14(17)19/h11-12,15H,5-10H2,1-4H3. The molecule has 2 unspecified atom stereocenters. The molecule has 19 heavy (non-hydrogen) atoms. The number of carbonyl (C=O) groups excluding carboxylic acids is 2. The Morgan fingerprint density at radius 3 is 2.21 bits per heavy atom. The number of amides is 2. The average Bonchev–Trinajstić information content (AvgIpc) is 2.40. The molecule has 5 heteroatoms. The van der Waals surface area contributed by atoms with Crippen molar-refractivity contribution in [2.45, 2.75) is 40.2 Å². The lowest BCUT2D eigenvalue weighted by atomic mass is 9.98. The summed E-state index contributed by atoms with van der Waals surface area (Å²) in [5.74, 6) is 0.612. The fourth-order valence-corrected chi connectivity index (χ4v) is 2.39. The molecule has 110 valence electrons. The summed E-state index contributed by atoms with van der Waals surface area (Å²) in [5.41, 5.74) is 0. The van der Waals surface area contributed by atoms with Gasteiger partial charge in [0.2, 0.25) is 11.8 Å². The van der Waals surface area contributed by atoms with Crippen LogP contribution in [-0.2, 0) is 9.59 Å². The lowest BCUT2D eigenvalue weighted by Crippen LogP contribution is -2.57. The van der Waals surface area contributed by atoms with Gasteiger partial charge in [-0.1, -0.05) is 27.2 Å². The van der Waals surface area contributed by atoms with Crippen molar-refractivity contribution in [1.82, 2.24) is 15.1 Å². The Bertz CT molecular complexity index is 320. The van der Waals surface area contributed by atoms with Crippen LogP contribution in [-0.4, -0.2) is 60.4 Å². The Kier molecular flexibility index (Phi) is 6.28. The molecule has 1 aliphatic heterocycles. The number of piperazine rings is 1. The molecule has 5 nitrogen and oxygen atoms in total. The normalized spacial score (nSPS) is 19.8. The van der Waals surface area contributed by atoms with Gasteiger partial charge in [0.1, 0.15) is 0 Å². The van der Waals surface area contributed by atoms with Crippen LogP contribution in [0.2, 0.25) is 0 Å². The van der Waals surface area contributed by atoms with Crippen LogP contribution in [0.25, 0.3) is 0 Å². The van der Waals surface area contributed by atoms with Crippen LogP contribution in [0.3, 0.4) is 0 Å². The SMILES string of the molecule is CCNC(CN1CC(=O)N(CC)CC1=O)C(C)CC. The molecule has 0 aromatic carbocycles. The van der Waals surface area contributed by atoms with Crippen LogP contribution in [0.5, 0.6) is 0 Å². The monoisotopic (exact) mass is 269 g/mol. The molecule has 2 atom stereocenters. The van der Waals surface area contributed by atoms with Crippen molar-refractivity contribution in [2.75, 3.05) is 32.7 Å². The van der Waals surface area contributed by atoms with E-state index in [0.29, 0.717) is 19.0 Å². The summed E-state index contributed by atoms with van der Waals surface area (Å²) >= 11 is 0. The van der Waals surface area contributed by atoms with Gasteiger partial charge in [-0.2, -0.15) is 0 Å². The van der Waals surface area contributed by atoms with E-state index >= 15 is 0 Å². The molecule has 2 amide bonds. The first kappa shape index (κ1) is 16.0. The highest BCUT2D eigenvalue weighted by Gasteiger charge is 2.31. The Labute approximate surface area is 116 Å². The van der Waals surface area contributed by atoms with Gasteiger partial charge in [-0.25, -0.2) is 0 Å². The van der Waals surface area contributed by atoms with Gasteiger partial charge in [0.25, 0.3) is 0 Å². The molecule has 0 spiro atoms. The predicted molar refractivity (Wildman–Crippen MR) is 75.8 cm³/mol. The summed E-state index contributed by atoms with van der Waals surface area (Å²) in [7, 11) is 0. The summed E-state index contributed by atoms with van der Waals surface area (Å²) in [6, 6.07) is 0.264. The fourth-order valence-electron chi connectivity index (χ4n) is 2.39. The molecule has 1 fully saturated rings. The zero-order valence-electron chi connectivity index (χ0n) is 12.6. The Balaban J connectivity index is 2.64. The number of likely N-dealkylation sites (N-methyl/N-ethyl adjacent to an activating group) is 2. The van der Waals surface area contributed by atoms with Gasteiger partial charge < -0.3 is 15.1 Å². The second kappa shape index (κ2) is 7.48. The van der Waals surface area contributed by atoms with Crippen molar-refractivity contribution >= 4 is 11.8 Å². The van der Waals surface area contributed by atoms with Gasteiger partial charge in [-0.15, -0.1) is 0 Å². The van der Waals surface area contributed by atoms with E-state index in [1.807, 2.05) is 6.92 Å². The molecular weight excluding hydrogens is 242 g/mol. The van der Waals surface area contributed by atoms with Crippen molar-refractivity contribution in [3.63, 3.8) is 0 Å². The first-order chi connectivity index (χ1) is 9.03. The number of hydrogen-bond acceptors (Lipinski definition) is 3. The zero-order valence-corrected chi connectivity index (χ0v) is 12.6. The summed E-state index contributed by atoms with van der Waals surface area (Å²) in [6.07, 6.45) is 1.06. The van der Waals surface area contributed by atoms with Gasteiger partial charge in [0.05, 0.1) is 13.1 Å². The maximum atomic E-state index is 12.1. The Morgan fingerprint density at radius 2 is 1.68 bits per heavy atom. The highest BCUT2D eigenvalue weighted by atomic mass is 16.2. The third-order valence-corrected chi connectivity index (χ3v) is 3.95. The quantitative estimate of drug-likeness (QED) is 0.740. The van der Waals surface area contributed by atoms with Crippen molar-refractivity contribution in [2.24, 2.45) is 5.92 Å². The summed E-state index contributed by atoms with van der Waals surface area (Å²) in [5, 5.41) is 3.42.